The van der Waals surface area contributed by atoms with Crippen molar-refractivity contribution in [1.29, 1.82) is 0 Å². The fourth-order valence-electron chi connectivity index (χ4n) is 2.39. The first-order valence-corrected chi connectivity index (χ1v) is 7.69. The molecule has 0 unspecified atom stereocenters. The lowest BCUT2D eigenvalue weighted by Gasteiger charge is -2.15. The molecular formula is C16H16F2N6O. The third kappa shape index (κ3) is 3.39. The van der Waals surface area contributed by atoms with Crippen molar-refractivity contribution in [2.45, 2.75) is 19.9 Å². The summed E-state index contributed by atoms with van der Waals surface area (Å²) in [5, 5.41) is 9.60. The van der Waals surface area contributed by atoms with Gasteiger partial charge in [-0.2, -0.15) is 10.1 Å². The molecule has 2 N–H and O–H groups in total. The summed E-state index contributed by atoms with van der Waals surface area (Å²) >= 11 is 0. The number of amides is 1. The van der Waals surface area contributed by atoms with Crippen LogP contribution in [0.15, 0.2) is 30.7 Å². The minimum absolute atomic E-state index is 0.154. The molecule has 0 aliphatic carbocycles. The first kappa shape index (κ1) is 16.7. The number of rotatable bonds is 5. The lowest BCUT2D eigenvalue weighted by molar-refractivity contribution is 0.0957. The lowest BCUT2D eigenvalue weighted by atomic mass is 10.1. The number of benzene rings is 1. The summed E-state index contributed by atoms with van der Waals surface area (Å²) in [6, 6.07) is 2.66. The van der Waals surface area contributed by atoms with Crippen molar-refractivity contribution in [3.63, 3.8) is 0 Å². The number of nitrogens with zero attached hydrogens (tertiary/aromatic N) is 4. The van der Waals surface area contributed by atoms with Crippen LogP contribution < -0.4 is 10.6 Å². The Morgan fingerprint density at radius 3 is 2.92 bits per heavy atom. The monoisotopic (exact) mass is 346 g/mol. The van der Waals surface area contributed by atoms with E-state index in [1.54, 1.807) is 13.8 Å². The number of anilines is 1. The van der Waals surface area contributed by atoms with Gasteiger partial charge in [0.25, 0.3) is 5.91 Å². The molecule has 25 heavy (non-hydrogen) atoms. The fraction of sp³-hybridized carbons (Fsp3) is 0.250. The highest BCUT2D eigenvalue weighted by molar-refractivity contribution is 5.99. The summed E-state index contributed by atoms with van der Waals surface area (Å²) in [6.45, 7) is 3.94. The van der Waals surface area contributed by atoms with Crippen LogP contribution >= 0.6 is 0 Å². The van der Waals surface area contributed by atoms with Crippen molar-refractivity contribution >= 4 is 17.5 Å². The average molecular weight is 346 g/mol. The number of fused-ring (bicyclic) bond motifs is 1. The zero-order valence-electron chi connectivity index (χ0n) is 13.6. The number of aromatic nitrogens is 4. The average Bonchev–Trinajstić information content (AvgIpc) is 3.00. The first-order chi connectivity index (χ1) is 12.0. The summed E-state index contributed by atoms with van der Waals surface area (Å²) in [4.78, 5) is 20.4. The Morgan fingerprint density at radius 1 is 1.36 bits per heavy atom. The van der Waals surface area contributed by atoms with E-state index in [0.717, 1.165) is 18.2 Å². The predicted octanol–water partition coefficient (Wildman–Crippen LogP) is 2.33. The van der Waals surface area contributed by atoms with Gasteiger partial charge in [-0.15, -0.1) is 0 Å². The maximum absolute atomic E-state index is 13.9. The third-order valence-electron chi connectivity index (χ3n) is 3.62. The lowest BCUT2D eigenvalue weighted by Crippen LogP contribution is -2.22. The molecule has 1 atom stereocenters. The standard InChI is InChI=1S/C16H16F2N6O/c1-3-19-15(25)12-7-21-24-8-20-16(23-14(12)24)22-9(2)11-6-10(17)4-5-13(11)18/h4-9H,3H2,1-2H3,(H,19,25)(H,22,23)/t9-/m1/s1. The van der Waals surface area contributed by atoms with Crippen molar-refractivity contribution in [3.8, 4) is 0 Å². The summed E-state index contributed by atoms with van der Waals surface area (Å²) in [7, 11) is 0. The Morgan fingerprint density at radius 2 is 2.16 bits per heavy atom. The molecule has 7 nitrogen and oxygen atoms in total. The number of carbonyl (C=O) groups excluding carboxylic acids is 1. The Kier molecular flexibility index (Phi) is 4.55. The van der Waals surface area contributed by atoms with E-state index in [4.69, 9.17) is 0 Å². The molecule has 2 heterocycles. The molecular weight excluding hydrogens is 330 g/mol. The smallest absolute Gasteiger partial charge is 0.256 e. The van der Waals surface area contributed by atoms with Gasteiger partial charge in [0.1, 0.15) is 23.5 Å². The van der Waals surface area contributed by atoms with Gasteiger partial charge in [-0.3, -0.25) is 4.79 Å². The van der Waals surface area contributed by atoms with Gasteiger partial charge in [-0.05, 0) is 32.0 Å². The van der Waals surface area contributed by atoms with Crippen LogP contribution in [0, 0.1) is 11.6 Å². The number of carbonyl (C=O) groups is 1. The quantitative estimate of drug-likeness (QED) is 0.741. The largest absolute Gasteiger partial charge is 0.352 e. The molecule has 130 valence electrons. The van der Waals surface area contributed by atoms with Crippen LogP contribution in [0.25, 0.3) is 5.65 Å². The Bertz CT molecular complexity index is 926. The van der Waals surface area contributed by atoms with Crippen molar-refractivity contribution in [3.05, 3.63) is 53.5 Å². The van der Waals surface area contributed by atoms with Gasteiger partial charge in [0, 0.05) is 12.1 Å². The molecule has 1 amide bonds. The van der Waals surface area contributed by atoms with Crippen molar-refractivity contribution < 1.29 is 13.6 Å². The van der Waals surface area contributed by atoms with Gasteiger partial charge < -0.3 is 10.6 Å². The molecule has 2 aromatic heterocycles. The topological polar surface area (TPSA) is 84.2 Å². The highest BCUT2D eigenvalue weighted by Gasteiger charge is 2.16. The molecule has 0 radical (unpaired) electrons. The SMILES string of the molecule is CCNC(=O)c1cnn2cnc(N[C@H](C)c3cc(F)ccc3F)nc12. The van der Waals surface area contributed by atoms with E-state index in [2.05, 4.69) is 25.7 Å². The highest BCUT2D eigenvalue weighted by atomic mass is 19.1. The van der Waals surface area contributed by atoms with Crippen molar-refractivity contribution in [2.75, 3.05) is 11.9 Å². The van der Waals surface area contributed by atoms with Gasteiger partial charge in [0.05, 0.1) is 12.2 Å². The molecule has 0 aliphatic rings. The van der Waals surface area contributed by atoms with Crippen molar-refractivity contribution in [2.24, 2.45) is 0 Å². The highest BCUT2D eigenvalue weighted by Crippen LogP contribution is 2.21. The van der Waals surface area contributed by atoms with E-state index < -0.39 is 17.7 Å². The zero-order chi connectivity index (χ0) is 18.0. The Hall–Kier alpha value is -3.10. The second kappa shape index (κ2) is 6.80. The molecule has 1 aromatic carbocycles. The molecule has 0 saturated carbocycles. The van der Waals surface area contributed by atoms with E-state index in [0.29, 0.717) is 17.8 Å². The molecule has 9 heteroatoms. The number of nitrogens with one attached hydrogen (secondary N) is 2. The molecule has 0 spiro atoms. The van der Waals surface area contributed by atoms with Crippen LogP contribution in [0.1, 0.15) is 35.8 Å². The second-order valence-corrected chi connectivity index (χ2v) is 5.40. The fourth-order valence-corrected chi connectivity index (χ4v) is 2.39. The molecule has 3 rings (SSSR count). The van der Waals surface area contributed by atoms with Gasteiger partial charge >= 0.3 is 0 Å². The van der Waals surface area contributed by atoms with E-state index in [9.17, 15) is 13.6 Å². The summed E-state index contributed by atoms with van der Waals surface area (Å²) in [5.41, 5.74) is 0.771. The van der Waals surface area contributed by atoms with Gasteiger partial charge in [-0.1, -0.05) is 0 Å². The van der Waals surface area contributed by atoms with Crippen molar-refractivity contribution in [1.82, 2.24) is 24.9 Å². The van der Waals surface area contributed by atoms with E-state index in [1.165, 1.54) is 17.0 Å². The van der Waals surface area contributed by atoms with Crippen LogP contribution in [0.4, 0.5) is 14.7 Å². The summed E-state index contributed by atoms with van der Waals surface area (Å²) in [6.07, 6.45) is 2.79. The molecule has 0 saturated heterocycles. The minimum Gasteiger partial charge on any atom is -0.352 e. The molecule has 0 bridgehead atoms. The Labute approximate surface area is 142 Å². The minimum atomic E-state index is -0.575. The number of hydrogen-bond donors (Lipinski definition) is 2. The first-order valence-electron chi connectivity index (χ1n) is 7.69. The normalized spacial score (nSPS) is 12.2. The van der Waals surface area contributed by atoms with Crippen LogP contribution in [0.5, 0.6) is 0 Å². The van der Waals surface area contributed by atoms with E-state index in [1.807, 2.05) is 0 Å². The van der Waals surface area contributed by atoms with Crippen LogP contribution in [-0.4, -0.2) is 32.0 Å². The molecule has 0 fully saturated rings. The van der Waals surface area contributed by atoms with Crippen LogP contribution in [0.2, 0.25) is 0 Å². The number of hydrogen-bond acceptors (Lipinski definition) is 5. The third-order valence-corrected chi connectivity index (χ3v) is 3.62. The molecule has 0 aliphatic heterocycles. The predicted molar refractivity (Wildman–Crippen MR) is 87.2 cm³/mol. The van der Waals surface area contributed by atoms with E-state index >= 15 is 0 Å². The van der Waals surface area contributed by atoms with Crippen LogP contribution in [-0.2, 0) is 0 Å². The maximum atomic E-state index is 13.9. The summed E-state index contributed by atoms with van der Waals surface area (Å²) in [5.74, 6) is -1.19. The number of halogens is 2. The van der Waals surface area contributed by atoms with E-state index in [-0.39, 0.29) is 17.4 Å². The maximum Gasteiger partial charge on any atom is 0.256 e. The van der Waals surface area contributed by atoms with Gasteiger partial charge in [-0.25, -0.2) is 18.3 Å². The van der Waals surface area contributed by atoms with Crippen LogP contribution in [0.3, 0.4) is 0 Å². The summed E-state index contributed by atoms with van der Waals surface area (Å²) < 4.78 is 28.6. The molecule has 3 aromatic rings. The van der Waals surface area contributed by atoms with Gasteiger partial charge in [0.2, 0.25) is 5.95 Å². The second-order valence-electron chi connectivity index (χ2n) is 5.40. The zero-order valence-corrected chi connectivity index (χ0v) is 13.6. The Balaban J connectivity index is 1.90. The van der Waals surface area contributed by atoms with Gasteiger partial charge in [0.15, 0.2) is 5.65 Å².